The number of carbonyl (C=O) groups excluding carboxylic acids is 1. The number of rotatable bonds is 5. The monoisotopic (exact) mass is 290 g/mol. The zero-order chi connectivity index (χ0) is 13.8. The summed E-state index contributed by atoms with van der Waals surface area (Å²) in [5, 5.41) is 2.81. The third-order valence-electron chi connectivity index (χ3n) is 2.37. The van der Waals surface area contributed by atoms with Gasteiger partial charge in [0.2, 0.25) is 0 Å². The van der Waals surface area contributed by atoms with Gasteiger partial charge in [-0.3, -0.25) is 9.78 Å². The van der Waals surface area contributed by atoms with E-state index in [0.29, 0.717) is 10.7 Å². The van der Waals surface area contributed by atoms with Crippen LogP contribution in [-0.4, -0.2) is 37.4 Å². The molecular weight excluding hydrogens is 276 g/mol. The second kappa shape index (κ2) is 6.15. The zero-order valence-corrected chi connectivity index (χ0v) is 11.8. The summed E-state index contributed by atoms with van der Waals surface area (Å²) >= 11 is 5.90. The summed E-state index contributed by atoms with van der Waals surface area (Å²) in [5.41, 5.74) is 0.960. The van der Waals surface area contributed by atoms with Crippen LogP contribution in [0.2, 0.25) is 5.02 Å². The molecule has 1 N–H and O–H groups in total. The van der Waals surface area contributed by atoms with Gasteiger partial charge in [-0.25, -0.2) is 8.42 Å². The molecule has 1 amide bonds. The number of nitrogens with zero attached hydrogens (tertiary/aromatic N) is 1. The molecule has 5 nitrogen and oxygen atoms in total. The minimum Gasteiger partial charge on any atom is -0.351 e. The Morgan fingerprint density at radius 3 is 2.72 bits per heavy atom. The molecule has 1 aromatic rings. The van der Waals surface area contributed by atoms with Gasteiger partial charge in [0.15, 0.2) is 9.84 Å². The summed E-state index contributed by atoms with van der Waals surface area (Å²) in [6.07, 6.45) is 1.38. The third kappa shape index (κ3) is 4.27. The van der Waals surface area contributed by atoms with E-state index in [1.54, 1.807) is 19.9 Å². The number of amides is 1. The van der Waals surface area contributed by atoms with E-state index >= 15 is 0 Å². The van der Waals surface area contributed by atoms with Crippen LogP contribution in [0.25, 0.3) is 0 Å². The predicted molar refractivity (Wildman–Crippen MR) is 70.6 cm³/mol. The first-order valence-electron chi connectivity index (χ1n) is 5.46. The van der Waals surface area contributed by atoms with Crippen LogP contribution in [-0.2, 0) is 9.84 Å². The number of aromatic nitrogens is 1. The fraction of sp³-hybridized carbons (Fsp3) is 0.455. The minimum absolute atomic E-state index is 0.0652. The number of sulfone groups is 1. The fourth-order valence-corrected chi connectivity index (χ4v) is 2.25. The quantitative estimate of drug-likeness (QED) is 0.884. The van der Waals surface area contributed by atoms with Crippen molar-refractivity contribution in [2.45, 2.75) is 13.8 Å². The van der Waals surface area contributed by atoms with Crippen LogP contribution in [0.15, 0.2) is 12.3 Å². The van der Waals surface area contributed by atoms with Crippen molar-refractivity contribution in [1.29, 1.82) is 0 Å². The van der Waals surface area contributed by atoms with Crippen LogP contribution in [0, 0.1) is 6.92 Å². The molecule has 0 aromatic carbocycles. The summed E-state index contributed by atoms with van der Waals surface area (Å²) in [7, 11) is -3.08. The lowest BCUT2D eigenvalue weighted by Crippen LogP contribution is -2.29. The number of halogens is 1. The van der Waals surface area contributed by atoms with Crippen LogP contribution >= 0.6 is 11.6 Å². The molecule has 18 heavy (non-hydrogen) atoms. The molecule has 1 heterocycles. The van der Waals surface area contributed by atoms with E-state index in [2.05, 4.69) is 10.3 Å². The van der Waals surface area contributed by atoms with E-state index in [1.165, 1.54) is 6.20 Å². The highest BCUT2D eigenvalue weighted by Gasteiger charge is 2.12. The van der Waals surface area contributed by atoms with Gasteiger partial charge < -0.3 is 5.32 Å². The van der Waals surface area contributed by atoms with Crippen LogP contribution in [0.5, 0.6) is 0 Å². The minimum atomic E-state index is -3.08. The molecular formula is C11H15ClN2O3S. The number of aryl methyl sites for hydroxylation is 1. The smallest absolute Gasteiger partial charge is 0.254 e. The molecule has 0 aliphatic rings. The lowest BCUT2D eigenvalue weighted by Gasteiger charge is -2.06. The fourth-order valence-electron chi connectivity index (χ4n) is 1.25. The molecule has 0 fully saturated rings. The van der Waals surface area contributed by atoms with Crippen LogP contribution in [0.1, 0.15) is 23.0 Å². The van der Waals surface area contributed by atoms with Crippen molar-refractivity contribution in [2.24, 2.45) is 0 Å². The Labute approximate surface area is 111 Å². The number of hydrogen-bond acceptors (Lipinski definition) is 4. The first-order chi connectivity index (χ1) is 8.35. The van der Waals surface area contributed by atoms with Gasteiger partial charge in [0, 0.05) is 24.2 Å². The first kappa shape index (κ1) is 14.9. The summed E-state index contributed by atoms with van der Waals surface area (Å²) < 4.78 is 22.5. The molecule has 1 aromatic heterocycles. The summed E-state index contributed by atoms with van der Waals surface area (Å²) in [4.78, 5) is 15.7. The molecule has 0 saturated carbocycles. The van der Waals surface area contributed by atoms with Crippen molar-refractivity contribution in [3.05, 3.63) is 28.5 Å². The molecule has 100 valence electrons. The lowest BCUT2D eigenvalue weighted by atomic mass is 10.2. The van der Waals surface area contributed by atoms with E-state index < -0.39 is 15.7 Å². The number of carbonyl (C=O) groups is 1. The van der Waals surface area contributed by atoms with Crippen molar-refractivity contribution in [2.75, 3.05) is 18.1 Å². The highest BCUT2D eigenvalue weighted by Crippen LogP contribution is 2.15. The molecule has 0 aliphatic carbocycles. The standard InChI is InChI=1S/C11H15ClN2O3S/c1-3-18(16,17)5-4-13-11(15)9-7-14-8(2)6-10(9)12/h6-7H,3-5H2,1-2H3,(H,13,15). The molecule has 0 atom stereocenters. The van der Waals surface area contributed by atoms with Gasteiger partial charge in [-0.15, -0.1) is 0 Å². The average molecular weight is 291 g/mol. The Morgan fingerprint density at radius 2 is 2.17 bits per heavy atom. The maximum absolute atomic E-state index is 11.7. The lowest BCUT2D eigenvalue weighted by molar-refractivity contribution is 0.0956. The SMILES string of the molecule is CCS(=O)(=O)CCNC(=O)c1cnc(C)cc1Cl. The van der Waals surface area contributed by atoms with E-state index in [0.717, 1.165) is 0 Å². The van der Waals surface area contributed by atoms with E-state index in [9.17, 15) is 13.2 Å². The van der Waals surface area contributed by atoms with Gasteiger partial charge in [0.25, 0.3) is 5.91 Å². The van der Waals surface area contributed by atoms with E-state index in [-0.39, 0.29) is 23.6 Å². The van der Waals surface area contributed by atoms with Crippen LogP contribution in [0.4, 0.5) is 0 Å². The maximum atomic E-state index is 11.7. The topological polar surface area (TPSA) is 76.1 Å². The molecule has 0 bridgehead atoms. The van der Waals surface area contributed by atoms with Crippen molar-refractivity contribution in [3.8, 4) is 0 Å². The highest BCUT2D eigenvalue weighted by molar-refractivity contribution is 7.91. The van der Waals surface area contributed by atoms with E-state index in [4.69, 9.17) is 11.6 Å². The predicted octanol–water partition coefficient (Wildman–Crippen LogP) is 1.21. The normalized spacial score (nSPS) is 11.3. The van der Waals surface area contributed by atoms with Gasteiger partial charge in [0.05, 0.1) is 16.3 Å². The molecule has 0 aliphatic heterocycles. The molecule has 0 radical (unpaired) electrons. The summed E-state index contributed by atoms with van der Waals surface area (Å²) in [6, 6.07) is 1.58. The second-order valence-electron chi connectivity index (χ2n) is 3.80. The van der Waals surface area contributed by atoms with Crippen LogP contribution < -0.4 is 5.32 Å². The summed E-state index contributed by atoms with van der Waals surface area (Å²) in [6.45, 7) is 3.40. The zero-order valence-electron chi connectivity index (χ0n) is 10.2. The van der Waals surface area contributed by atoms with Gasteiger partial charge in [0.1, 0.15) is 0 Å². The number of hydrogen-bond donors (Lipinski definition) is 1. The molecule has 1 rings (SSSR count). The van der Waals surface area contributed by atoms with E-state index in [1.807, 2.05) is 0 Å². The number of pyridine rings is 1. The van der Waals surface area contributed by atoms with Crippen LogP contribution in [0.3, 0.4) is 0 Å². The Kier molecular flexibility index (Phi) is 5.10. The number of nitrogens with one attached hydrogen (secondary N) is 1. The van der Waals surface area contributed by atoms with Crippen molar-refractivity contribution < 1.29 is 13.2 Å². The Morgan fingerprint density at radius 1 is 1.50 bits per heavy atom. The Hall–Kier alpha value is -1.14. The third-order valence-corrected chi connectivity index (χ3v) is 4.39. The van der Waals surface area contributed by atoms with Crippen molar-refractivity contribution >= 4 is 27.3 Å². The first-order valence-corrected chi connectivity index (χ1v) is 7.66. The largest absolute Gasteiger partial charge is 0.351 e. The Bertz CT molecular complexity index is 543. The van der Waals surface area contributed by atoms with Gasteiger partial charge in [-0.2, -0.15) is 0 Å². The maximum Gasteiger partial charge on any atom is 0.254 e. The molecule has 0 saturated heterocycles. The van der Waals surface area contributed by atoms with Gasteiger partial charge in [-0.1, -0.05) is 18.5 Å². The average Bonchev–Trinajstić information content (AvgIpc) is 2.28. The van der Waals surface area contributed by atoms with Gasteiger partial charge >= 0.3 is 0 Å². The van der Waals surface area contributed by atoms with Crippen molar-refractivity contribution in [3.63, 3.8) is 0 Å². The molecule has 0 unspecified atom stereocenters. The van der Waals surface area contributed by atoms with Crippen molar-refractivity contribution in [1.82, 2.24) is 10.3 Å². The van der Waals surface area contributed by atoms with Gasteiger partial charge in [-0.05, 0) is 13.0 Å². The molecule has 7 heteroatoms. The second-order valence-corrected chi connectivity index (χ2v) is 6.68. The Balaban J connectivity index is 2.61. The molecule has 0 spiro atoms. The highest BCUT2D eigenvalue weighted by atomic mass is 35.5. The summed E-state index contributed by atoms with van der Waals surface area (Å²) in [5.74, 6) is -0.430.